The lowest BCUT2D eigenvalue weighted by Gasteiger charge is -2.12. The number of amides is 2. The number of nitrogens with one attached hydrogen (secondary N) is 1. The molecular formula is C17H17ClN2O2S. The Bertz CT molecular complexity index is 687. The van der Waals surface area contributed by atoms with Crippen LogP contribution in [-0.2, 0) is 10.5 Å². The summed E-state index contributed by atoms with van der Waals surface area (Å²) < 4.78 is 0. The second-order valence-corrected chi connectivity index (χ2v) is 6.78. The zero-order valence-corrected chi connectivity index (χ0v) is 14.2. The number of hydrogen-bond acceptors (Lipinski definition) is 3. The van der Waals surface area contributed by atoms with E-state index >= 15 is 0 Å². The van der Waals surface area contributed by atoms with Gasteiger partial charge in [0, 0.05) is 22.0 Å². The van der Waals surface area contributed by atoms with Crippen molar-refractivity contribution >= 4 is 40.9 Å². The van der Waals surface area contributed by atoms with Crippen LogP contribution in [0.1, 0.15) is 22.8 Å². The molecule has 23 heavy (non-hydrogen) atoms. The zero-order valence-electron chi connectivity index (χ0n) is 12.6. The van der Waals surface area contributed by atoms with E-state index in [0.29, 0.717) is 16.3 Å². The maximum absolute atomic E-state index is 12.2. The van der Waals surface area contributed by atoms with Gasteiger partial charge in [0.15, 0.2) is 0 Å². The first-order valence-corrected chi connectivity index (χ1v) is 8.45. The van der Waals surface area contributed by atoms with Crippen LogP contribution in [0.2, 0.25) is 5.02 Å². The fourth-order valence-electron chi connectivity index (χ4n) is 1.84. The Kier molecular flexibility index (Phi) is 6.07. The first kappa shape index (κ1) is 17.4. The molecule has 0 heterocycles. The van der Waals surface area contributed by atoms with Gasteiger partial charge in [0.25, 0.3) is 0 Å². The lowest BCUT2D eigenvalue weighted by molar-refractivity contribution is -0.115. The molecular weight excluding hydrogens is 332 g/mol. The molecule has 2 aromatic rings. The number of primary amides is 1. The van der Waals surface area contributed by atoms with Crippen molar-refractivity contribution in [1.82, 2.24) is 0 Å². The maximum Gasteiger partial charge on any atom is 0.248 e. The van der Waals surface area contributed by atoms with Crippen LogP contribution < -0.4 is 11.1 Å². The smallest absolute Gasteiger partial charge is 0.248 e. The van der Waals surface area contributed by atoms with E-state index in [1.54, 1.807) is 36.0 Å². The molecule has 120 valence electrons. The van der Waals surface area contributed by atoms with Gasteiger partial charge in [-0.05, 0) is 48.9 Å². The van der Waals surface area contributed by atoms with E-state index in [1.165, 1.54) is 0 Å². The summed E-state index contributed by atoms with van der Waals surface area (Å²) in [5.41, 5.74) is 7.34. The van der Waals surface area contributed by atoms with Crippen LogP contribution in [0, 0.1) is 0 Å². The molecule has 0 bridgehead atoms. The second kappa shape index (κ2) is 8.04. The molecule has 0 radical (unpaired) electrons. The fraction of sp³-hybridized carbons (Fsp3) is 0.176. The van der Waals surface area contributed by atoms with Gasteiger partial charge in [0.05, 0.1) is 5.25 Å². The summed E-state index contributed by atoms with van der Waals surface area (Å²) in [6.07, 6.45) is 0. The highest BCUT2D eigenvalue weighted by Gasteiger charge is 2.14. The highest BCUT2D eigenvalue weighted by Crippen LogP contribution is 2.20. The normalized spacial score (nSPS) is 11.7. The summed E-state index contributed by atoms with van der Waals surface area (Å²) in [5, 5.41) is 3.31. The Labute approximate surface area is 144 Å². The molecule has 0 saturated heterocycles. The third kappa shape index (κ3) is 5.30. The predicted octanol–water partition coefficient (Wildman–Crippen LogP) is 3.70. The molecule has 0 saturated carbocycles. The molecule has 0 aliphatic heterocycles. The number of rotatable bonds is 6. The van der Waals surface area contributed by atoms with E-state index in [0.717, 1.165) is 11.3 Å². The summed E-state index contributed by atoms with van der Waals surface area (Å²) >= 11 is 7.39. The van der Waals surface area contributed by atoms with Gasteiger partial charge in [-0.15, -0.1) is 11.8 Å². The van der Waals surface area contributed by atoms with Crippen LogP contribution in [-0.4, -0.2) is 17.1 Å². The lowest BCUT2D eigenvalue weighted by Crippen LogP contribution is -2.22. The summed E-state index contributed by atoms with van der Waals surface area (Å²) in [6.45, 7) is 1.85. The van der Waals surface area contributed by atoms with E-state index in [9.17, 15) is 9.59 Å². The summed E-state index contributed by atoms with van der Waals surface area (Å²) in [4.78, 5) is 23.2. The van der Waals surface area contributed by atoms with Crippen LogP contribution in [0.3, 0.4) is 0 Å². The Morgan fingerprint density at radius 2 is 1.74 bits per heavy atom. The molecule has 1 atom stereocenters. The van der Waals surface area contributed by atoms with Crippen molar-refractivity contribution in [2.45, 2.75) is 17.9 Å². The Hall–Kier alpha value is -1.98. The van der Waals surface area contributed by atoms with Crippen LogP contribution >= 0.6 is 23.4 Å². The Morgan fingerprint density at radius 3 is 2.30 bits per heavy atom. The first-order chi connectivity index (χ1) is 11.0. The Morgan fingerprint density at radius 1 is 1.13 bits per heavy atom. The number of halogens is 1. The van der Waals surface area contributed by atoms with Gasteiger partial charge in [-0.25, -0.2) is 0 Å². The lowest BCUT2D eigenvalue weighted by atomic mass is 10.2. The van der Waals surface area contributed by atoms with Crippen LogP contribution in [0.25, 0.3) is 0 Å². The first-order valence-electron chi connectivity index (χ1n) is 7.02. The number of nitrogens with two attached hydrogens (primary N) is 1. The van der Waals surface area contributed by atoms with E-state index in [4.69, 9.17) is 17.3 Å². The van der Waals surface area contributed by atoms with Crippen molar-refractivity contribution in [1.29, 1.82) is 0 Å². The highest BCUT2D eigenvalue weighted by molar-refractivity contribution is 7.99. The number of thioether (sulfide) groups is 1. The number of anilines is 1. The topological polar surface area (TPSA) is 72.2 Å². The predicted molar refractivity (Wildman–Crippen MR) is 95.8 cm³/mol. The third-order valence-electron chi connectivity index (χ3n) is 3.22. The van der Waals surface area contributed by atoms with Crippen LogP contribution in [0.5, 0.6) is 0 Å². The molecule has 3 N–H and O–H groups in total. The molecule has 2 amide bonds. The maximum atomic E-state index is 12.2. The van der Waals surface area contributed by atoms with Gasteiger partial charge in [0.1, 0.15) is 0 Å². The van der Waals surface area contributed by atoms with Gasteiger partial charge >= 0.3 is 0 Å². The van der Waals surface area contributed by atoms with Crippen molar-refractivity contribution in [3.8, 4) is 0 Å². The van der Waals surface area contributed by atoms with E-state index in [2.05, 4.69) is 5.32 Å². The van der Waals surface area contributed by atoms with Crippen molar-refractivity contribution in [2.75, 3.05) is 5.32 Å². The van der Waals surface area contributed by atoms with Gasteiger partial charge < -0.3 is 11.1 Å². The van der Waals surface area contributed by atoms with E-state index in [1.807, 2.05) is 31.2 Å². The largest absolute Gasteiger partial charge is 0.366 e. The van der Waals surface area contributed by atoms with Crippen molar-refractivity contribution < 1.29 is 9.59 Å². The minimum Gasteiger partial charge on any atom is -0.366 e. The van der Waals surface area contributed by atoms with Crippen molar-refractivity contribution in [3.05, 3.63) is 64.7 Å². The van der Waals surface area contributed by atoms with E-state index < -0.39 is 5.91 Å². The average molecular weight is 349 g/mol. The molecule has 0 unspecified atom stereocenters. The molecule has 0 aliphatic rings. The summed E-state index contributed by atoms with van der Waals surface area (Å²) in [6, 6.07) is 14.1. The monoisotopic (exact) mass is 348 g/mol. The van der Waals surface area contributed by atoms with Gasteiger partial charge in [-0.3, -0.25) is 9.59 Å². The molecule has 4 nitrogen and oxygen atoms in total. The van der Waals surface area contributed by atoms with Gasteiger partial charge in [-0.1, -0.05) is 23.7 Å². The molecule has 6 heteroatoms. The van der Waals surface area contributed by atoms with E-state index in [-0.39, 0.29) is 11.2 Å². The second-order valence-electron chi connectivity index (χ2n) is 5.01. The van der Waals surface area contributed by atoms with Crippen molar-refractivity contribution in [2.24, 2.45) is 5.73 Å². The van der Waals surface area contributed by atoms with Crippen LogP contribution in [0.4, 0.5) is 5.69 Å². The van der Waals surface area contributed by atoms with Gasteiger partial charge in [-0.2, -0.15) is 0 Å². The number of carbonyl (C=O) groups excluding carboxylic acids is 2. The molecule has 0 spiro atoms. The van der Waals surface area contributed by atoms with Crippen LogP contribution in [0.15, 0.2) is 48.5 Å². The zero-order chi connectivity index (χ0) is 16.8. The third-order valence-corrected chi connectivity index (χ3v) is 4.69. The molecule has 0 fully saturated rings. The average Bonchev–Trinajstić information content (AvgIpc) is 2.54. The summed E-state index contributed by atoms with van der Waals surface area (Å²) in [5.74, 6) is 0.150. The molecule has 2 rings (SSSR count). The Balaban J connectivity index is 1.86. The molecule has 2 aromatic carbocycles. The molecule has 0 aliphatic carbocycles. The fourth-order valence-corrected chi connectivity index (χ4v) is 2.81. The standard InChI is InChI=1S/C17H17ClN2O2S/c1-11(23-10-12-2-6-14(18)7-3-12)17(22)20-15-8-4-13(5-9-15)16(19)21/h2-9,11H,10H2,1H3,(H2,19,21)(H,20,22)/t11-/m1/s1. The van der Waals surface area contributed by atoms with Gasteiger partial charge in [0.2, 0.25) is 11.8 Å². The quantitative estimate of drug-likeness (QED) is 0.836. The molecule has 0 aromatic heterocycles. The minimum absolute atomic E-state index is 0.0872. The minimum atomic E-state index is -0.491. The SMILES string of the molecule is C[C@@H](SCc1ccc(Cl)cc1)C(=O)Nc1ccc(C(N)=O)cc1. The number of benzene rings is 2. The highest BCUT2D eigenvalue weighted by atomic mass is 35.5. The number of hydrogen-bond donors (Lipinski definition) is 2. The summed E-state index contributed by atoms with van der Waals surface area (Å²) in [7, 11) is 0. The number of carbonyl (C=O) groups is 2. The van der Waals surface area contributed by atoms with Crippen molar-refractivity contribution in [3.63, 3.8) is 0 Å².